The molecule has 1 aromatic heterocycles. The number of nitrogens with zero attached hydrogens (tertiary/aromatic N) is 2. The minimum atomic E-state index is 0.388. The molecule has 1 aromatic carbocycles. The molecule has 0 aliphatic heterocycles. The van der Waals surface area contributed by atoms with Gasteiger partial charge in [0.2, 0.25) is 0 Å². The van der Waals surface area contributed by atoms with Gasteiger partial charge in [-0.15, -0.1) is 0 Å². The molecule has 0 spiro atoms. The summed E-state index contributed by atoms with van der Waals surface area (Å²) in [5.41, 5.74) is 4.68. The van der Waals surface area contributed by atoms with E-state index < -0.39 is 0 Å². The number of hydrogen-bond acceptors (Lipinski definition) is 3. The number of benzene rings is 1. The maximum atomic E-state index is 4.70. The number of rotatable bonds is 3. The second kappa shape index (κ2) is 5.39. The van der Waals surface area contributed by atoms with E-state index in [4.69, 9.17) is 4.98 Å². The first-order valence-electron chi connectivity index (χ1n) is 6.66. The van der Waals surface area contributed by atoms with Crippen LogP contribution < -0.4 is 5.32 Å². The van der Waals surface area contributed by atoms with Crippen LogP contribution in [0.3, 0.4) is 0 Å². The molecule has 0 atom stereocenters. The van der Waals surface area contributed by atoms with Crippen molar-refractivity contribution in [3.8, 4) is 11.4 Å². The fraction of sp³-hybridized carbons (Fsp3) is 0.375. The van der Waals surface area contributed by atoms with Crippen LogP contribution >= 0.6 is 0 Å². The monoisotopic (exact) mass is 255 g/mol. The Morgan fingerprint density at radius 3 is 2.47 bits per heavy atom. The molecule has 3 heteroatoms. The van der Waals surface area contributed by atoms with Gasteiger partial charge in [0.25, 0.3) is 0 Å². The second-order valence-electron chi connectivity index (χ2n) is 5.15. The summed E-state index contributed by atoms with van der Waals surface area (Å²) in [5, 5.41) is 3.12. The summed E-state index contributed by atoms with van der Waals surface area (Å²) in [6.07, 6.45) is 0. The average Bonchev–Trinajstić information content (AvgIpc) is 2.41. The van der Waals surface area contributed by atoms with Crippen LogP contribution in [0.4, 0.5) is 5.82 Å². The fourth-order valence-electron chi connectivity index (χ4n) is 2.00. The molecule has 0 saturated heterocycles. The van der Waals surface area contributed by atoms with E-state index in [0.717, 1.165) is 22.9 Å². The molecular formula is C16H21N3. The molecule has 2 rings (SSSR count). The van der Waals surface area contributed by atoms with Crippen molar-refractivity contribution in [1.29, 1.82) is 0 Å². The van der Waals surface area contributed by atoms with Gasteiger partial charge in [0.05, 0.1) is 0 Å². The third-order valence-corrected chi connectivity index (χ3v) is 3.44. The highest BCUT2D eigenvalue weighted by molar-refractivity contribution is 5.63. The molecule has 0 aliphatic rings. The Hall–Kier alpha value is -1.90. The molecule has 2 aromatic rings. The van der Waals surface area contributed by atoms with E-state index in [1.165, 1.54) is 11.1 Å². The summed E-state index contributed by atoms with van der Waals surface area (Å²) < 4.78 is 0. The molecule has 0 saturated carbocycles. The number of nitrogens with one attached hydrogen (secondary N) is 1. The zero-order valence-electron chi connectivity index (χ0n) is 12.3. The maximum Gasteiger partial charge on any atom is 0.162 e. The Morgan fingerprint density at radius 2 is 1.84 bits per heavy atom. The predicted octanol–water partition coefficient (Wildman–Crippen LogP) is 3.93. The van der Waals surface area contributed by atoms with Crippen LogP contribution in [-0.4, -0.2) is 17.0 Å². The molecule has 100 valence electrons. The third-order valence-electron chi connectivity index (χ3n) is 3.44. The summed E-state index contributed by atoms with van der Waals surface area (Å²) in [7, 11) is 1.89. The molecule has 0 fully saturated rings. The van der Waals surface area contributed by atoms with E-state index in [-0.39, 0.29) is 0 Å². The summed E-state index contributed by atoms with van der Waals surface area (Å²) in [6.45, 7) is 8.53. The lowest BCUT2D eigenvalue weighted by atomic mass is 10.0. The average molecular weight is 255 g/mol. The van der Waals surface area contributed by atoms with E-state index in [0.29, 0.717) is 5.92 Å². The van der Waals surface area contributed by atoms with Gasteiger partial charge >= 0.3 is 0 Å². The van der Waals surface area contributed by atoms with Crippen LogP contribution in [0.25, 0.3) is 11.4 Å². The Morgan fingerprint density at radius 1 is 1.11 bits per heavy atom. The maximum absolute atomic E-state index is 4.70. The lowest BCUT2D eigenvalue weighted by Crippen LogP contribution is -2.03. The quantitative estimate of drug-likeness (QED) is 0.903. The van der Waals surface area contributed by atoms with Crippen LogP contribution in [0, 0.1) is 13.8 Å². The van der Waals surface area contributed by atoms with Crippen LogP contribution in [0.15, 0.2) is 24.3 Å². The van der Waals surface area contributed by atoms with Crippen molar-refractivity contribution in [2.75, 3.05) is 12.4 Å². The van der Waals surface area contributed by atoms with Crippen molar-refractivity contribution in [1.82, 2.24) is 9.97 Å². The van der Waals surface area contributed by atoms with Crippen LogP contribution in [0.1, 0.15) is 36.6 Å². The SMILES string of the molecule is CNc1cc(C(C)C)nc(-c2cccc(C)c2C)n1. The van der Waals surface area contributed by atoms with Gasteiger partial charge in [-0.25, -0.2) is 9.97 Å². The van der Waals surface area contributed by atoms with Crippen molar-refractivity contribution in [3.63, 3.8) is 0 Å². The van der Waals surface area contributed by atoms with Gasteiger partial charge in [-0.05, 0) is 30.9 Å². The van der Waals surface area contributed by atoms with E-state index in [1.807, 2.05) is 13.1 Å². The van der Waals surface area contributed by atoms with Crippen molar-refractivity contribution in [2.45, 2.75) is 33.6 Å². The standard InChI is InChI=1S/C16H21N3/c1-10(2)14-9-15(17-5)19-16(18-14)13-8-6-7-11(3)12(13)4/h6-10H,1-5H3,(H,17,18,19). The highest BCUT2D eigenvalue weighted by Crippen LogP contribution is 2.25. The van der Waals surface area contributed by atoms with Gasteiger partial charge in [-0.1, -0.05) is 32.0 Å². The topological polar surface area (TPSA) is 37.8 Å². The lowest BCUT2D eigenvalue weighted by molar-refractivity contribution is 0.817. The molecular weight excluding hydrogens is 234 g/mol. The summed E-state index contributed by atoms with van der Waals surface area (Å²) >= 11 is 0. The Bertz CT molecular complexity index is 589. The van der Waals surface area contributed by atoms with E-state index >= 15 is 0 Å². The molecule has 0 amide bonds. The molecule has 3 nitrogen and oxygen atoms in total. The zero-order chi connectivity index (χ0) is 14.0. The highest BCUT2D eigenvalue weighted by Gasteiger charge is 2.11. The predicted molar refractivity (Wildman–Crippen MR) is 80.6 cm³/mol. The van der Waals surface area contributed by atoms with Gasteiger partial charge < -0.3 is 5.32 Å². The second-order valence-corrected chi connectivity index (χ2v) is 5.15. The largest absolute Gasteiger partial charge is 0.373 e. The molecule has 0 unspecified atom stereocenters. The lowest BCUT2D eigenvalue weighted by Gasteiger charge is -2.12. The van der Waals surface area contributed by atoms with Crippen molar-refractivity contribution in [2.24, 2.45) is 0 Å². The first-order valence-corrected chi connectivity index (χ1v) is 6.66. The Balaban J connectivity index is 2.61. The molecule has 0 radical (unpaired) electrons. The van der Waals surface area contributed by atoms with Gasteiger partial charge in [0.15, 0.2) is 5.82 Å². The van der Waals surface area contributed by atoms with Gasteiger partial charge in [0.1, 0.15) is 5.82 Å². The minimum absolute atomic E-state index is 0.388. The summed E-state index contributed by atoms with van der Waals surface area (Å²) in [6, 6.07) is 8.27. The summed E-state index contributed by atoms with van der Waals surface area (Å²) in [4.78, 5) is 9.29. The number of hydrogen-bond donors (Lipinski definition) is 1. The van der Waals surface area contributed by atoms with Gasteiger partial charge in [-0.3, -0.25) is 0 Å². The molecule has 1 heterocycles. The first kappa shape index (κ1) is 13.5. The summed E-state index contributed by atoms with van der Waals surface area (Å²) in [5.74, 6) is 2.06. The van der Waals surface area contributed by atoms with Crippen LogP contribution in [-0.2, 0) is 0 Å². The molecule has 0 aliphatic carbocycles. The van der Waals surface area contributed by atoms with Crippen molar-refractivity contribution < 1.29 is 0 Å². The van der Waals surface area contributed by atoms with Crippen molar-refractivity contribution >= 4 is 5.82 Å². The number of anilines is 1. The molecule has 0 bridgehead atoms. The Labute approximate surface area is 115 Å². The smallest absolute Gasteiger partial charge is 0.162 e. The number of aromatic nitrogens is 2. The number of aryl methyl sites for hydroxylation is 1. The Kier molecular flexibility index (Phi) is 3.84. The first-order chi connectivity index (χ1) is 9.02. The molecule has 19 heavy (non-hydrogen) atoms. The zero-order valence-corrected chi connectivity index (χ0v) is 12.3. The van der Waals surface area contributed by atoms with E-state index in [1.54, 1.807) is 0 Å². The van der Waals surface area contributed by atoms with Crippen LogP contribution in [0.2, 0.25) is 0 Å². The normalized spacial score (nSPS) is 10.8. The molecule has 1 N–H and O–H groups in total. The van der Waals surface area contributed by atoms with E-state index in [9.17, 15) is 0 Å². The van der Waals surface area contributed by atoms with Gasteiger partial charge in [-0.2, -0.15) is 0 Å². The highest BCUT2D eigenvalue weighted by atomic mass is 15.0. The minimum Gasteiger partial charge on any atom is -0.373 e. The van der Waals surface area contributed by atoms with E-state index in [2.05, 4.69) is 56.2 Å². The van der Waals surface area contributed by atoms with Crippen molar-refractivity contribution in [3.05, 3.63) is 41.1 Å². The van der Waals surface area contributed by atoms with Gasteiger partial charge in [0, 0.05) is 24.4 Å². The third kappa shape index (κ3) is 2.75. The fourth-order valence-corrected chi connectivity index (χ4v) is 2.00. The van der Waals surface area contributed by atoms with Crippen LogP contribution in [0.5, 0.6) is 0 Å².